The fourth-order valence-electron chi connectivity index (χ4n) is 0.774. The minimum atomic E-state index is -1.32. The molecule has 0 amide bonds. The van der Waals surface area contributed by atoms with Crippen LogP contribution in [0.3, 0.4) is 0 Å². The second-order valence-corrected chi connectivity index (χ2v) is 2.42. The molecule has 0 aliphatic carbocycles. The average Bonchev–Trinajstić information content (AvgIpc) is 2.63. The molecule has 1 atom stereocenters. The van der Waals surface area contributed by atoms with Crippen LogP contribution in [0.15, 0.2) is 0 Å². The molecular formula is C6H8O5. The molecule has 0 aromatic heterocycles. The van der Waals surface area contributed by atoms with Gasteiger partial charge in [-0.25, -0.2) is 0 Å². The maximum absolute atomic E-state index is 10.3. The summed E-state index contributed by atoms with van der Waals surface area (Å²) in [6.45, 7) is 0.483. The third-order valence-corrected chi connectivity index (χ3v) is 1.50. The molecule has 1 saturated heterocycles. The Bertz CT molecular complexity index is 169. The van der Waals surface area contributed by atoms with Crippen LogP contribution < -0.4 is 0 Å². The number of ether oxygens (including phenoxy) is 1. The molecule has 1 aliphatic heterocycles. The van der Waals surface area contributed by atoms with E-state index in [0.717, 1.165) is 0 Å². The third kappa shape index (κ3) is 2.19. The van der Waals surface area contributed by atoms with Crippen LogP contribution in [0.1, 0.15) is 6.42 Å². The Kier molecular flexibility index (Phi) is 2.09. The zero-order chi connectivity index (χ0) is 8.43. The first-order chi connectivity index (χ1) is 5.11. The van der Waals surface area contributed by atoms with Crippen LogP contribution in [-0.2, 0) is 14.3 Å². The van der Waals surface area contributed by atoms with Gasteiger partial charge in [-0.1, -0.05) is 0 Å². The first-order valence-corrected chi connectivity index (χ1v) is 3.18. The lowest BCUT2D eigenvalue weighted by atomic mass is 10.0. The van der Waals surface area contributed by atoms with Gasteiger partial charge in [-0.3, -0.25) is 9.59 Å². The first-order valence-electron chi connectivity index (χ1n) is 3.18. The van der Waals surface area contributed by atoms with E-state index in [4.69, 9.17) is 14.9 Å². The normalized spacial score (nSPS) is 21.7. The molecule has 0 spiro atoms. The highest BCUT2D eigenvalue weighted by Crippen LogP contribution is 2.19. The van der Waals surface area contributed by atoms with Crippen molar-refractivity contribution in [2.45, 2.75) is 12.5 Å². The smallest absolute Gasteiger partial charge is 0.317 e. The van der Waals surface area contributed by atoms with E-state index in [-0.39, 0.29) is 12.5 Å². The summed E-state index contributed by atoms with van der Waals surface area (Å²) >= 11 is 0. The SMILES string of the molecule is O=C(O)C(CC1CO1)C(=O)O. The van der Waals surface area contributed by atoms with Gasteiger partial charge in [-0.05, 0) is 6.42 Å². The van der Waals surface area contributed by atoms with E-state index in [0.29, 0.717) is 6.61 Å². The highest BCUT2D eigenvalue weighted by atomic mass is 16.6. The van der Waals surface area contributed by atoms with Gasteiger partial charge in [0.1, 0.15) is 0 Å². The van der Waals surface area contributed by atoms with Gasteiger partial charge >= 0.3 is 11.9 Å². The van der Waals surface area contributed by atoms with Crippen molar-refractivity contribution in [1.82, 2.24) is 0 Å². The maximum atomic E-state index is 10.3. The number of aliphatic carboxylic acids is 2. The van der Waals surface area contributed by atoms with Gasteiger partial charge in [-0.2, -0.15) is 0 Å². The standard InChI is InChI=1S/C6H8O5/c7-5(8)4(6(9)10)1-3-2-11-3/h3-4H,1-2H2,(H,7,8)(H,9,10). The molecule has 0 aromatic rings. The molecule has 1 fully saturated rings. The Hall–Kier alpha value is -1.10. The summed E-state index contributed by atoms with van der Waals surface area (Å²) in [6, 6.07) is 0. The van der Waals surface area contributed by atoms with Crippen molar-refractivity contribution in [3.63, 3.8) is 0 Å². The monoisotopic (exact) mass is 160 g/mol. The quantitative estimate of drug-likeness (QED) is 0.430. The van der Waals surface area contributed by atoms with Crippen molar-refractivity contribution in [2.75, 3.05) is 6.61 Å². The number of epoxide rings is 1. The Morgan fingerprint density at radius 3 is 2.18 bits per heavy atom. The number of hydrogen-bond acceptors (Lipinski definition) is 3. The van der Waals surface area contributed by atoms with Gasteiger partial charge < -0.3 is 14.9 Å². The largest absolute Gasteiger partial charge is 0.481 e. The molecule has 0 aromatic carbocycles. The van der Waals surface area contributed by atoms with Crippen molar-refractivity contribution in [2.24, 2.45) is 5.92 Å². The van der Waals surface area contributed by atoms with Crippen LogP contribution in [-0.4, -0.2) is 34.9 Å². The second kappa shape index (κ2) is 2.87. The lowest BCUT2D eigenvalue weighted by Gasteiger charge is -2.02. The van der Waals surface area contributed by atoms with Crippen molar-refractivity contribution in [3.8, 4) is 0 Å². The van der Waals surface area contributed by atoms with Crippen molar-refractivity contribution in [1.29, 1.82) is 0 Å². The summed E-state index contributed by atoms with van der Waals surface area (Å²) in [6.07, 6.45) is -0.0859. The molecule has 1 unspecified atom stereocenters. The number of carboxylic acids is 2. The molecule has 62 valence electrons. The Morgan fingerprint density at radius 2 is 1.91 bits per heavy atom. The maximum Gasteiger partial charge on any atom is 0.317 e. The van der Waals surface area contributed by atoms with Crippen LogP contribution in [0, 0.1) is 5.92 Å². The minimum absolute atomic E-state index is 0.0741. The van der Waals surface area contributed by atoms with Crippen LogP contribution in [0.2, 0.25) is 0 Å². The van der Waals surface area contributed by atoms with Crippen LogP contribution in [0.25, 0.3) is 0 Å². The van der Waals surface area contributed by atoms with Gasteiger partial charge in [0.2, 0.25) is 0 Å². The predicted molar refractivity (Wildman–Crippen MR) is 33.1 cm³/mol. The van der Waals surface area contributed by atoms with Crippen LogP contribution in [0.5, 0.6) is 0 Å². The van der Waals surface area contributed by atoms with Gasteiger partial charge in [0, 0.05) is 0 Å². The molecule has 5 heteroatoms. The van der Waals surface area contributed by atoms with Crippen LogP contribution >= 0.6 is 0 Å². The van der Waals surface area contributed by atoms with Gasteiger partial charge in [-0.15, -0.1) is 0 Å². The molecule has 11 heavy (non-hydrogen) atoms. The summed E-state index contributed by atoms with van der Waals surface area (Å²) in [4.78, 5) is 20.5. The molecule has 2 N–H and O–H groups in total. The zero-order valence-electron chi connectivity index (χ0n) is 5.69. The molecule has 1 aliphatic rings. The molecule has 0 saturated carbocycles. The molecule has 0 bridgehead atoms. The minimum Gasteiger partial charge on any atom is -0.481 e. The predicted octanol–water partition coefficient (Wildman–Crippen LogP) is -0.439. The molecular weight excluding hydrogens is 152 g/mol. The number of carboxylic acid groups (broad SMARTS) is 2. The average molecular weight is 160 g/mol. The van der Waals surface area contributed by atoms with Crippen molar-refractivity contribution < 1.29 is 24.5 Å². The third-order valence-electron chi connectivity index (χ3n) is 1.50. The Morgan fingerprint density at radius 1 is 1.45 bits per heavy atom. The highest BCUT2D eigenvalue weighted by Gasteiger charge is 2.34. The van der Waals surface area contributed by atoms with E-state index in [9.17, 15) is 9.59 Å². The van der Waals surface area contributed by atoms with E-state index >= 15 is 0 Å². The number of carbonyl (C=O) groups is 2. The van der Waals surface area contributed by atoms with E-state index in [1.165, 1.54) is 0 Å². The second-order valence-electron chi connectivity index (χ2n) is 2.42. The van der Waals surface area contributed by atoms with E-state index < -0.39 is 17.9 Å². The van der Waals surface area contributed by atoms with E-state index in [1.807, 2.05) is 0 Å². The highest BCUT2D eigenvalue weighted by molar-refractivity contribution is 5.92. The Balaban J connectivity index is 2.43. The van der Waals surface area contributed by atoms with E-state index in [1.54, 1.807) is 0 Å². The molecule has 1 rings (SSSR count). The summed E-state index contributed by atoms with van der Waals surface area (Å²) in [5, 5.41) is 16.8. The fourth-order valence-corrected chi connectivity index (χ4v) is 0.774. The van der Waals surface area contributed by atoms with E-state index in [2.05, 4.69) is 0 Å². The van der Waals surface area contributed by atoms with Gasteiger partial charge in [0.15, 0.2) is 5.92 Å². The summed E-state index contributed by atoms with van der Waals surface area (Å²) in [5.41, 5.74) is 0. The number of rotatable bonds is 4. The number of hydrogen-bond donors (Lipinski definition) is 2. The summed E-state index contributed by atoms with van der Waals surface area (Å²) < 4.78 is 4.71. The fraction of sp³-hybridized carbons (Fsp3) is 0.667. The molecule has 0 radical (unpaired) electrons. The molecule has 1 heterocycles. The zero-order valence-corrected chi connectivity index (χ0v) is 5.69. The lowest BCUT2D eigenvalue weighted by Crippen LogP contribution is -2.24. The van der Waals surface area contributed by atoms with Gasteiger partial charge in [0.25, 0.3) is 0 Å². The topological polar surface area (TPSA) is 87.1 Å². The summed E-state index contributed by atoms with van der Waals surface area (Å²) in [7, 11) is 0. The van der Waals surface area contributed by atoms with Crippen molar-refractivity contribution in [3.05, 3.63) is 0 Å². The summed E-state index contributed by atoms with van der Waals surface area (Å²) in [5.74, 6) is -3.91. The molecule has 5 nitrogen and oxygen atoms in total. The van der Waals surface area contributed by atoms with Gasteiger partial charge in [0.05, 0.1) is 12.7 Å². The Labute approximate surface area is 62.6 Å². The van der Waals surface area contributed by atoms with Crippen molar-refractivity contribution >= 4 is 11.9 Å². The van der Waals surface area contributed by atoms with Crippen LogP contribution in [0.4, 0.5) is 0 Å². The first kappa shape index (κ1) is 8.00. The lowest BCUT2D eigenvalue weighted by molar-refractivity contribution is -0.155.